The molecule has 5 heteroatoms. The van der Waals surface area contributed by atoms with Crippen LogP contribution in [0.4, 0.5) is 5.69 Å². The minimum absolute atomic E-state index is 0.441. The maximum Gasteiger partial charge on any atom is 0.0759 e. The van der Waals surface area contributed by atoms with Crippen LogP contribution in [0.15, 0.2) is 6.20 Å². The van der Waals surface area contributed by atoms with Crippen molar-refractivity contribution in [3.8, 4) is 0 Å². The molecule has 0 aromatic carbocycles. The Labute approximate surface area is 127 Å². The Morgan fingerprint density at radius 2 is 2.14 bits per heavy atom. The molecule has 0 amide bonds. The summed E-state index contributed by atoms with van der Waals surface area (Å²) in [6.07, 6.45) is 8.04. The zero-order valence-electron chi connectivity index (χ0n) is 13.3. The van der Waals surface area contributed by atoms with Crippen molar-refractivity contribution in [2.45, 2.75) is 64.1 Å². The molecular formula is C16H28N4O. The summed E-state index contributed by atoms with van der Waals surface area (Å²) in [5, 5.41) is 11.9. The van der Waals surface area contributed by atoms with E-state index in [0.717, 1.165) is 32.6 Å². The molecule has 1 aromatic heterocycles. The highest BCUT2D eigenvalue weighted by molar-refractivity contribution is 5.47. The molecule has 2 aliphatic heterocycles. The van der Waals surface area contributed by atoms with Crippen molar-refractivity contribution in [1.29, 1.82) is 0 Å². The molecule has 2 fully saturated rings. The van der Waals surface area contributed by atoms with Gasteiger partial charge in [0, 0.05) is 25.3 Å². The fourth-order valence-corrected chi connectivity index (χ4v) is 3.51. The number of nitrogens with zero attached hydrogens (tertiary/aromatic N) is 2. The second kappa shape index (κ2) is 6.79. The van der Waals surface area contributed by atoms with Gasteiger partial charge in [0.1, 0.15) is 0 Å². The minimum Gasteiger partial charge on any atom is -0.381 e. The van der Waals surface area contributed by atoms with E-state index in [1.165, 1.54) is 30.6 Å². The lowest BCUT2D eigenvalue weighted by atomic mass is 9.99. The second-order valence-electron chi connectivity index (χ2n) is 6.42. The molecule has 2 N–H and O–H groups in total. The highest BCUT2D eigenvalue weighted by atomic mass is 16.5. The average Bonchev–Trinajstić information content (AvgIpc) is 2.90. The normalized spacial score (nSPS) is 25.7. The Kier molecular flexibility index (Phi) is 4.80. The summed E-state index contributed by atoms with van der Waals surface area (Å²) in [7, 11) is 0. The van der Waals surface area contributed by atoms with Gasteiger partial charge >= 0.3 is 0 Å². The number of rotatable bonds is 4. The lowest BCUT2D eigenvalue weighted by Gasteiger charge is -2.30. The van der Waals surface area contributed by atoms with Gasteiger partial charge in [-0.2, -0.15) is 5.10 Å². The zero-order valence-corrected chi connectivity index (χ0v) is 13.3. The largest absolute Gasteiger partial charge is 0.381 e. The number of anilines is 1. The first-order valence-electron chi connectivity index (χ1n) is 8.37. The van der Waals surface area contributed by atoms with E-state index >= 15 is 0 Å². The molecule has 2 unspecified atom stereocenters. The van der Waals surface area contributed by atoms with Crippen LogP contribution in [0.2, 0.25) is 0 Å². The Morgan fingerprint density at radius 3 is 2.86 bits per heavy atom. The van der Waals surface area contributed by atoms with Gasteiger partial charge in [-0.05, 0) is 46.1 Å². The maximum atomic E-state index is 5.45. The van der Waals surface area contributed by atoms with Crippen molar-refractivity contribution in [2.24, 2.45) is 0 Å². The Morgan fingerprint density at radius 1 is 1.33 bits per heavy atom. The first-order valence-corrected chi connectivity index (χ1v) is 8.37. The Balaban J connectivity index is 1.64. The summed E-state index contributed by atoms with van der Waals surface area (Å²) in [4.78, 5) is 0. The van der Waals surface area contributed by atoms with Crippen molar-refractivity contribution in [3.63, 3.8) is 0 Å². The highest BCUT2D eigenvalue weighted by Gasteiger charge is 2.23. The van der Waals surface area contributed by atoms with Crippen molar-refractivity contribution in [2.75, 3.05) is 25.1 Å². The summed E-state index contributed by atoms with van der Waals surface area (Å²) in [5.74, 6) is 0. The van der Waals surface area contributed by atoms with Crippen LogP contribution in [0.5, 0.6) is 0 Å². The quantitative estimate of drug-likeness (QED) is 0.895. The van der Waals surface area contributed by atoms with Gasteiger partial charge in [-0.25, -0.2) is 0 Å². The first-order chi connectivity index (χ1) is 10.3. The smallest absolute Gasteiger partial charge is 0.0759 e. The van der Waals surface area contributed by atoms with Crippen molar-refractivity contribution >= 4 is 5.69 Å². The Bertz CT molecular complexity index is 447. The highest BCUT2D eigenvalue weighted by Crippen LogP contribution is 2.26. The Hall–Kier alpha value is -1.07. The monoisotopic (exact) mass is 292 g/mol. The lowest BCUT2D eigenvalue weighted by Crippen LogP contribution is -2.45. The van der Waals surface area contributed by atoms with Crippen LogP contribution in [0.3, 0.4) is 0 Å². The fraction of sp³-hybridized carbons (Fsp3) is 0.812. The third-order valence-electron chi connectivity index (χ3n) is 4.92. The van der Waals surface area contributed by atoms with Crippen molar-refractivity contribution in [1.82, 2.24) is 15.1 Å². The number of piperidine rings is 1. The van der Waals surface area contributed by atoms with Gasteiger partial charge in [0.25, 0.3) is 0 Å². The van der Waals surface area contributed by atoms with Crippen LogP contribution >= 0.6 is 0 Å². The summed E-state index contributed by atoms with van der Waals surface area (Å²) in [6.45, 7) is 7.31. The van der Waals surface area contributed by atoms with E-state index < -0.39 is 0 Å². The number of aromatic nitrogens is 2. The molecule has 0 radical (unpaired) electrons. The number of ether oxygens (including phenoxy) is 1. The van der Waals surface area contributed by atoms with Crippen LogP contribution in [0.25, 0.3) is 0 Å². The van der Waals surface area contributed by atoms with E-state index in [1.807, 2.05) is 6.20 Å². The molecule has 0 saturated carbocycles. The van der Waals surface area contributed by atoms with Gasteiger partial charge < -0.3 is 15.4 Å². The molecule has 2 saturated heterocycles. The van der Waals surface area contributed by atoms with Gasteiger partial charge in [-0.3, -0.25) is 4.68 Å². The molecule has 3 rings (SSSR count). The number of hydrogen-bond donors (Lipinski definition) is 2. The lowest BCUT2D eigenvalue weighted by molar-refractivity contribution is 0.0657. The molecule has 5 nitrogen and oxygen atoms in total. The third kappa shape index (κ3) is 3.40. The number of hydrogen-bond acceptors (Lipinski definition) is 4. The van der Waals surface area contributed by atoms with Gasteiger partial charge in [-0.1, -0.05) is 6.42 Å². The summed E-state index contributed by atoms with van der Waals surface area (Å²) in [5.41, 5.74) is 2.44. The predicted octanol–water partition coefficient (Wildman–Crippen LogP) is 2.49. The van der Waals surface area contributed by atoms with Crippen LogP contribution < -0.4 is 10.6 Å². The average molecular weight is 292 g/mol. The minimum atomic E-state index is 0.441. The molecule has 0 bridgehead atoms. The molecule has 2 atom stereocenters. The fourth-order valence-electron chi connectivity index (χ4n) is 3.51. The van der Waals surface area contributed by atoms with Gasteiger partial charge in [0.15, 0.2) is 0 Å². The predicted molar refractivity (Wildman–Crippen MR) is 84.8 cm³/mol. The topological polar surface area (TPSA) is 51.1 Å². The first kappa shape index (κ1) is 14.9. The molecule has 21 heavy (non-hydrogen) atoms. The standard InChI is InChI=1S/C16H28N4O/c1-12(15-5-3-4-8-17-15)19-16-11-18-20(13(16)2)14-6-9-21-10-7-14/h11-12,14-15,17,19H,3-10H2,1-2H3. The van der Waals surface area contributed by atoms with Crippen LogP contribution in [0, 0.1) is 6.92 Å². The van der Waals surface area contributed by atoms with Crippen molar-refractivity contribution in [3.05, 3.63) is 11.9 Å². The molecule has 1 aromatic rings. The van der Waals surface area contributed by atoms with E-state index in [4.69, 9.17) is 4.74 Å². The number of nitrogens with one attached hydrogen (secondary N) is 2. The summed E-state index contributed by atoms with van der Waals surface area (Å²) >= 11 is 0. The molecule has 118 valence electrons. The van der Waals surface area contributed by atoms with Gasteiger partial charge in [-0.15, -0.1) is 0 Å². The van der Waals surface area contributed by atoms with E-state index in [0.29, 0.717) is 18.1 Å². The summed E-state index contributed by atoms with van der Waals surface area (Å²) < 4.78 is 7.63. The SMILES string of the molecule is Cc1c(NC(C)C2CCCCN2)cnn1C1CCOCC1. The molecular weight excluding hydrogens is 264 g/mol. The van der Waals surface area contributed by atoms with E-state index in [9.17, 15) is 0 Å². The zero-order chi connectivity index (χ0) is 14.7. The third-order valence-corrected chi connectivity index (χ3v) is 4.92. The van der Waals surface area contributed by atoms with Gasteiger partial charge in [0.2, 0.25) is 0 Å². The maximum absolute atomic E-state index is 5.45. The summed E-state index contributed by atoms with van der Waals surface area (Å²) in [6, 6.07) is 1.51. The van der Waals surface area contributed by atoms with Crippen LogP contribution in [0.1, 0.15) is 50.8 Å². The van der Waals surface area contributed by atoms with E-state index in [2.05, 4.69) is 34.3 Å². The van der Waals surface area contributed by atoms with Crippen LogP contribution in [-0.4, -0.2) is 41.6 Å². The van der Waals surface area contributed by atoms with E-state index in [-0.39, 0.29) is 0 Å². The van der Waals surface area contributed by atoms with Crippen molar-refractivity contribution < 1.29 is 4.74 Å². The molecule has 2 aliphatic rings. The van der Waals surface area contributed by atoms with Crippen LogP contribution in [-0.2, 0) is 4.74 Å². The van der Waals surface area contributed by atoms with Gasteiger partial charge in [0.05, 0.1) is 23.6 Å². The molecule has 0 aliphatic carbocycles. The second-order valence-corrected chi connectivity index (χ2v) is 6.42. The van der Waals surface area contributed by atoms with E-state index in [1.54, 1.807) is 0 Å². The molecule has 3 heterocycles. The molecule has 0 spiro atoms.